The van der Waals surface area contributed by atoms with Crippen LogP contribution in [0.25, 0.3) is 10.8 Å². The van der Waals surface area contributed by atoms with Crippen molar-refractivity contribution >= 4 is 16.7 Å². The van der Waals surface area contributed by atoms with E-state index in [4.69, 9.17) is 4.74 Å². The highest BCUT2D eigenvalue weighted by Crippen LogP contribution is 2.28. The molecule has 94 valence electrons. The van der Waals surface area contributed by atoms with E-state index in [1.165, 1.54) is 23.3 Å². The van der Waals surface area contributed by atoms with Crippen molar-refractivity contribution in [3.05, 3.63) is 47.5 Å². The number of carbonyl (C=O) groups is 1. The molecule has 0 fully saturated rings. The lowest BCUT2D eigenvalue weighted by Crippen LogP contribution is -2.24. The molecule has 0 spiro atoms. The van der Waals surface area contributed by atoms with Gasteiger partial charge in [0.05, 0.1) is 0 Å². The summed E-state index contributed by atoms with van der Waals surface area (Å²) in [6.45, 7) is 7.33. The van der Waals surface area contributed by atoms with Crippen molar-refractivity contribution in [2.45, 2.75) is 33.3 Å². The first-order valence-corrected chi connectivity index (χ1v) is 6.09. The summed E-state index contributed by atoms with van der Waals surface area (Å²) >= 11 is 0. The van der Waals surface area contributed by atoms with Gasteiger partial charge in [-0.3, -0.25) is 4.79 Å². The van der Waals surface area contributed by atoms with Crippen molar-refractivity contribution in [3.63, 3.8) is 0 Å². The lowest BCUT2D eigenvalue weighted by Gasteiger charge is -2.25. The van der Waals surface area contributed by atoms with Crippen LogP contribution in [0, 0.1) is 6.92 Å². The second-order valence-electron chi connectivity index (χ2n) is 5.17. The third kappa shape index (κ3) is 2.53. The number of esters is 1. The summed E-state index contributed by atoms with van der Waals surface area (Å²) in [6.07, 6.45) is 0. The van der Waals surface area contributed by atoms with Crippen molar-refractivity contribution in [3.8, 4) is 0 Å². The number of hydrogen-bond acceptors (Lipinski definition) is 2. The average Bonchev–Trinajstić information content (AvgIpc) is 2.26. The van der Waals surface area contributed by atoms with Gasteiger partial charge in [-0.15, -0.1) is 0 Å². The summed E-state index contributed by atoms with van der Waals surface area (Å²) in [5, 5.41) is 2.37. The van der Waals surface area contributed by atoms with Gasteiger partial charge in [0.2, 0.25) is 0 Å². The smallest absolute Gasteiger partial charge is 0.303 e. The Kier molecular flexibility index (Phi) is 3.12. The number of aryl methyl sites for hydroxylation is 1. The second-order valence-corrected chi connectivity index (χ2v) is 5.17. The van der Waals surface area contributed by atoms with Crippen LogP contribution in [-0.4, -0.2) is 5.97 Å². The molecule has 2 aromatic carbocycles. The number of hydrogen-bond donors (Lipinski definition) is 0. The van der Waals surface area contributed by atoms with E-state index in [0.29, 0.717) is 0 Å². The summed E-state index contributed by atoms with van der Waals surface area (Å²) < 4.78 is 5.36. The molecule has 0 aliphatic heterocycles. The minimum absolute atomic E-state index is 0.260. The van der Waals surface area contributed by atoms with Crippen LogP contribution in [0.5, 0.6) is 0 Å². The number of ether oxygens (including phenoxy) is 1. The number of carbonyl (C=O) groups excluding carboxylic acids is 1. The van der Waals surface area contributed by atoms with Crippen LogP contribution in [0.4, 0.5) is 0 Å². The van der Waals surface area contributed by atoms with Gasteiger partial charge in [-0.25, -0.2) is 0 Å². The van der Waals surface area contributed by atoms with Crippen molar-refractivity contribution < 1.29 is 9.53 Å². The first-order chi connectivity index (χ1) is 8.38. The molecule has 0 saturated heterocycles. The second kappa shape index (κ2) is 4.45. The lowest BCUT2D eigenvalue weighted by atomic mass is 9.94. The largest absolute Gasteiger partial charge is 0.455 e. The van der Waals surface area contributed by atoms with Crippen molar-refractivity contribution in [1.82, 2.24) is 0 Å². The fraction of sp³-hybridized carbons (Fsp3) is 0.312. The molecule has 2 rings (SSSR count). The van der Waals surface area contributed by atoms with Crippen LogP contribution in [0.15, 0.2) is 36.4 Å². The fourth-order valence-corrected chi connectivity index (χ4v) is 2.16. The summed E-state index contributed by atoms with van der Waals surface area (Å²) in [6, 6.07) is 12.5. The van der Waals surface area contributed by atoms with Gasteiger partial charge >= 0.3 is 5.97 Å². The standard InChI is InChI=1S/C16H18O2/c1-11-5-6-14-10-15(8-7-13(14)9-11)16(3,4)18-12(2)17/h5-10H,1-4H3. The number of benzene rings is 2. The van der Waals surface area contributed by atoms with Gasteiger partial charge in [-0.1, -0.05) is 35.9 Å². The van der Waals surface area contributed by atoms with Crippen LogP contribution < -0.4 is 0 Å². The van der Waals surface area contributed by atoms with Crippen LogP contribution in [0.3, 0.4) is 0 Å². The third-order valence-corrected chi connectivity index (χ3v) is 3.09. The highest BCUT2D eigenvalue weighted by Gasteiger charge is 2.23. The molecule has 0 bridgehead atoms. The van der Waals surface area contributed by atoms with Crippen LogP contribution >= 0.6 is 0 Å². The molecule has 0 aliphatic rings. The highest BCUT2D eigenvalue weighted by atomic mass is 16.6. The average molecular weight is 242 g/mol. The molecule has 2 heteroatoms. The molecule has 0 amide bonds. The fourth-order valence-electron chi connectivity index (χ4n) is 2.16. The molecule has 0 saturated carbocycles. The molecule has 2 aromatic rings. The van der Waals surface area contributed by atoms with E-state index >= 15 is 0 Å². The molecule has 0 heterocycles. The first-order valence-electron chi connectivity index (χ1n) is 6.09. The third-order valence-electron chi connectivity index (χ3n) is 3.09. The van der Waals surface area contributed by atoms with E-state index in [0.717, 1.165) is 5.56 Å². The molecular weight excluding hydrogens is 224 g/mol. The molecule has 2 nitrogen and oxygen atoms in total. The van der Waals surface area contributed by atoms with E-state index in [2.05, 4.69) is 37.3 Å². The van der Waals surface area contributed by atoms with Crippen LogP contribution in [0.1, 0.15) is 31.9 Å². The molecular formula is C16H18O2. The van der Waals surface area contributed by atoms with Crippen molar-refractivity contribution in [2.24, 2.45) is 0 Å². The molecule has 18 heavy (non-hydrogen) atoms. The molecule has 0 radical (unpaired) electrons. The molecule has 0 N–H and O–H groups in total. The Hall–Kier alpha value is -1.83. The van der Waals surface area contributed by atoms with Gasteiger partial charge in [0.15, 0.2) is 0 Å². The number of rotatable bonds is 2. The summed E-state index contributed by atoms with van der Waals surface area (Å²) in [5.74, 6) is -0.260. The summed E-state index contributed by atoms with van der Waals surface area (Å²) in [5.41, 5.74) is 1.66. The summed E-state index contributed by atoms with van der Waals surface area (Å²) in [4.78, 5) is 11.1. The SMILES string of the molecule is CC(=O)OC(C)(C)c1ccc2cc(C)ccc2c1. The Labute approximate surface area is 108 Å². The van der Waals surface area contributed by atoms with Crippen molar-refractivity contribution in [2.75, 3.05) is 0 Å². The zero-order valence-corrected chi connectivity index (χ0v) is 11.3. The Morgan fingerprint density at radius 1 is 1.06 bits per heavy atom. The zero-order chi connectivity index (χ0) is 13.3. The number of fused-ring (bicyclic) bond motifs is 1. The van der Waals surface area contributed by atoms with Gasteiger partial charge in [0, 0.05) is 6.92 Å². The van der Waals surface area contributed by atoms with Gasteiger partial charge in [-0.2, -0.15) is 0 Å². The predicted molar refractivity (Wildman–Crippen MR) is 73.5 cm³/mol. The molecule has 0 unspecified atom stereocenters. The Morgan fingerprint density at radius 2 is 1.67 bits per heavy atom. The highest BCUT2D eigenvalue weighted by molar-refractivity contribution is 5.84. The maximum atomic E-state index is 11.1. The normalized spacial score (nSPS) is 11.6. The topological polar surface area (TPSA) is 26.3 Å². The minimum atomic E-state index is -0.592. The van der Waals surface area contributed by atoms with E-state index in [9.17, 15) is 4.79 Å². The minimum Gasteiger partial charge on any atom is -0.455 e. The molecule has 0 atom stereocenters. The van der Waals surface area contributed by atoms with Gasteiger partial charge < -0.3 is 4.74 Å². The van der Waals surface area contributed by atoms with E-state index in [1.807, 2.05) is 19.9 Å². The quantitative estimate of drug-likeness (QED) is 0.745. The maximum Gasteiger partial charge on any atom is 0.303 e. The maximum absolute atomic E-state index is 11.1. The van der Waals surface area contributed by atoms with E-state index in [-0.39, 0.29) is 5.97 Å². The Balaban J connectivity index is 2.47. The Morgan fingerprint density at radius 3 is 2.33 bits per heavy atom. The van der Waals surface area contributed by atoms with Crippen LogP contribution in [-0.2, 0) is 15.1 Å². The Bertz CT molecular complexity index is 597. The van der Waals surface area contributed by atoms with E-state index < -0.39 is 5.60 Å². The monoisotopic (exact) mass is 242 g/mol. The molecule has 0 aliphatic carbocycles. The molecule has 0 aromatic heterocycles. The van der Waals surface area contributed by atoms with Crippen LogP contribution in [0.2, 0.25) is 0 Å². The van der Waals surface area contributed by atoms with Crippen molar-refractivity contribution in [1.29, 1.82) is 0 Å². The predicted octanol–water partition coefficient (Wildman–Crippen LogP) is 3.95. The lowest BCUT2D eigenvalue weighted by molar-refractivity contribution is -0.154. The van der Waals surface area contributed by atoms with Gasteiger partial charge in [-0.05, 0) is 43.2 Å². The van der Waals surface area contributed by atoms with E-state index in [1.54, 1.807) is 0 Å². The van der Waals surface area contributed by atoms with Gasteiger partial charge in [0.1, 0.15) is 5.60 Å². The zero-order valence-electron chi connectivity index (χ0n) is 11.3. The summed E-state index contributed by atoms with van der Waals surface area (Å²) in [7, 11) is 0. The van der Waals surface area contributed by atoms with Gasteiger partial charge in [0.25, 0.3) is 0 Å². The first kappa shape index (κ1) is 12.6.